The van der Waals surface area contributed by atoms with Crippen LogP contribution in [0.5, 0.6) is 5.75 Å². The summed E-state index contributed by atoms with van der Waals surface area (Å²) in [6.07, 6.45) is 0.932. The molecule has 2 atom stereocenters. The van der Waals surface area contributed by atoms with E-state index in [9.17, 15) is 23.9 Å². The second-order valence-electron chi connectivity index (χ2n) is 7.43. The van der Waals surface area contributed by atoms with E-state index in [0.717, 1.165) is 11.3 Å². The van der Waals surface area contributed by atoms with E-state index in [1.165, 1.54) is 17.0 Å². The topological polar surface area (TPSA) is 95.9 Å². The fraction of sp³-hybridized carbons (Fsp3) is 0.348. The molecule has 2 amide bonds. The lowest BCUT2D eigenvalue weighted by atomic mass is 9.96. The lowest BCUT2D eigenvalue weighted by Crippen LogP contribution is -2.45. The van der Waals surface area contributed by atoms with Gasteiger partial charge in [-0.1, -0.05) is 30.3 Å². The van der Waals surface area contributed by atoms with Crippen molar-refractivity contribution in [3.63, 3.8) is 0 Å². The second-order valence-corrected chi connectivity index (χ2v) is 7.43. The Bertz CT molecular complexity index is 904. The SMILES string of the molecule is O=C(CCCOc1ccccc1)NCC(=O)N1CC(c2ccc(F)cc2)C[C@H]1C(=O)O. The largest absolute Gasteiger partial charge is 0.494 e. The Morgan fingerprint density at radius 3 is 2.48 bits per heavy atom. The van der Waals surface area contributed by atoms with Crippen LogP contribution in [0.4, 0.5) is 4.39 Å². The number of hydrogen-bond acceptors (Lipinski definition) is 4. The number of ether oxygens (including phenoxy) is 1. The number of carbonyl (C=O) groups excluding carboxylic acids is 2. The molecular weight excluding hydrogens is 403 g/mol. The molecule has 8 heteroatoms. The molecule has 0 bridgehead atoms. The standard InChI is InChI=1S/C23H25FN2O5/c24-18-10-8-16(9-11-18)17-13-20(23(29)30)26(15-17)22(28)14-25-21(27)7-4-12-31-19-5-2-1-3-6-19/h1-3,5-6,8-11,17,20H,4,7,12-15H2,(H,25,27)(H,29,30)/t17?,20-/m0/s1. The van der Waals surface area contributed by atoms with E-state index < -0.39 is 17.9 Å². The fourth-order valence-corrected chi connectivity index (χ4v) is 3.63. The predicted octanol–water partition coefficient (Wildman–Crippen LogP) is 2.57. The third-order valence-electron chi connectivity index (χ3n) is 5.24. The van der Waals surface area contributed by atoms with Crippen molar-refractivity contribution in [2.75, 3.05) is 19.7 Å². The average Bonchev–Trinajstić information content (AvgIpc) is 3.22. The molecule has 2 aromatic carbocycles. The number of benzene rings is 2. The molecule has 2 N–H and O–H groups in total. The van der Waals surface area contributed by atoms with Crippen molar-refractivity contribution >= 4 is 17.8 Å². The molecule has 1 saturated heterocycles. The van der Waals surface area contributed by atoms with Crippen LogP contribution >= 0.6 is 0 Å². The number of rotatable bonds is 9. The fourth-order valence-electron chi connectivity index (χ4n) is 3.63. The van der Waals surface area contributed by atoms with Crippen molar-refractivity contribution in [3.8, 4) is 5.75 Å². The summed E-state index contributed by atoms with van der Waals surface area (Å²) in [7, 11) is 0. The number of likely N-dealkylation sites (tertiary alicyclic amines) is 1. The second kappa shape index (κ2) is 10.6. The smallest absolute Gasteiger partial charge is 0.326 e. The highest BCUT2D eigenvalue weighted by molar-refractivity contribution is 5.88. The minimum Gasteiger partial charge on any atom is -0.494 e. The Balaban J connectivity index is 1.45. The monoisotopic (exact) mass is 428 g/mol. The van der Waals surface area contributed by atoms with Gasteiger partial charge in [-0.3, -0.25) is 9.59 Å². The number of amides is 2. The predicted molar refractivity (Wildman–Crippen MR) is 111 cm³/mol. The van der Waals surface area contributed by atoms with E-state index in [-0.39, 0.29) is 43.6 Å². The first-order valence-electron chi connectivity index (χ1n) is 10.2. The molecule has 0 aromatic heterocycles. The molecule has 0 aliphatic carbocycles. The van der Waals surface area contributed by atoms with Gasteiger partial charge in [0.1, 0.15) is 17.6 Å². The summed E-state index contributed by atoms with van der Waals surface area (Å²) in [5.41, 5.74) is 0.783. The Kier molecular flexibility index (Phi) is 7.59. The van der Waals surface area contributed by atoms with E-state index >= 15 is 0 Å². The Morgan fingerprint density at radius 2 is 1.81 bits per heavy atom. The van der Waals surface area contributed by atoms with Gasteiger partial charge in [-0.15, -0.1) is 0 Å². The van der Waals surface area contributed by atoms with Crippen LogP contribution in [0.3, 0.4) is 0 Å². The third kappa shape index (κ3) is 6.28. The van der Waals surface area contributed by atoms with Gasteiger partial charge in [-0.2, -0.15) is 0 Å². The maximum atomic E-state index is 13.2. The van der Waals surface area contributed by atoms with Gasteiger partial charge in [-0.25, -0.2) is 9.18 Å². The van der Waals surface area contributed by atoms with Crippen LogP contribution in [-0.4, -0.2) is 53.5 Å². The maximum Gasteiger partial charge on any atom is 0.326 e. The van der Waals surface area contributed by atoms with Crippen molar-refractivity contribution in [1.29, 1.82) is 0 Å². The number of carbonyl (C=O) groups is 3. The third-order valence-corrected chi connectivity index (χ3v) is 5.24. The lowest BCUT2D eigenvalue weighted by Gasteiger charge is -2.21. The number of carboxylic acids is 1. The van der Waals surface area contributed by atoms with Crippen LogP contribution in [0.2, 0.25) is 0 Å². The van der Waals surface area contributed by atoms with Crippen molar-refractivity contribution in [2.45, 2.75) is 31.2 Å². The Hall–Kier alpha value is -3.42. The number of para-hydroxylation sites is 1. The molecule has 0 radical (unpaired) electrons. The van der Waals surface area contributed by atoms with Gasteiger partial charge in [0, 0.05) is 18.9 Å². The molecule has 0 spiro atoms. The summed E-state index contributed by atoms with van der Waals surface area (Å²) in [6, 6.07) is 14.1. The molecule has 1 unspecified atom stereocenters. The van der Waals surface area contributed by atoms with Gasteiger partial charge >= 0.3 is 5.97 Å². The first kappa shape index (κ1) is 22.3. The van der Waals surface area contributed by atoms with Crippen LogP contribution < -0.4 is 10.1 Å². The Morgan fingerprint density at radius 1 is 1.10 bits per heavy atom. The van der Waals surface area contributed by atoms with E-state index in [2.05, 4.69) is 5.32 Å². The average molecular weight is 428 g/mol. The Labute approximate surface area is 179 Å². The highest BCUT2D eigenvalue weighted by Gasteiger charge is 2.40. The zero-order chi connectivity index (χ0) is 22.2. The quantitative estimate of drug-likeness (QED) is 0.599. The summed E-state index contributed by atoms with van der Waals surface area (Å²) >= 11 is 0. The molecule has 164 valence electrons. The van der Waals surface area contributed by atoms with Crippen LogP contribution in [0.1, 0.15) is 30.7 Å². The lowest BCUT2D eigenvalue weighted by molar-refractivity contribution is -0.148. The normalized spacial score (nSPS) is 17.9. The minimum absolute atomic E-state index is 0.195. The van der Waals surface area contributed by atoms with Crippen LogP contribution in [0.25, 0.3) is 0 Å². The number of nitrogens with zero attached hydrogens (tertiary/aromatic N) is 1. The molecule has 1 aliphatic rings. The van der Waals surface area contributed by atoms with Crippen LogP contribution in [0.15, 0.2) is 54.6 Å². The number of nitrogens with one attached hydrogen (secondary N) is 1. The summed E-state index contributed by atoms with van der Waals surface area (Å²) in [5, 5.41) is 12.1. The molecule has 1 heterocycles. The highest BCUT2D eigenvalue weighted by atomic mass is 19.1. The maximum absolute atomic E-state index is 13.2. The summed E-state index contributed by atoms with van der Waals surface area (Å²) < 4.78 is 18.7. The first-order valence-corrected chi connectivity index (χ1v) is 10.2. The van der Waals surface area contributed by atoms with Gasteiger partial charge in [0.05, 0.1) is 13.2 Å². The van der Waals surface area contributed by atoms with Crippen LogP contribution in [0, 0.1) is 5.82 Å². The molecule has 0 saturated carbocycles. The number of hydrogen-bond donors (Lipinski definition) is 2. The zero-order valence-corrected chi connectivity index (χ0v) is 17.0. The molecule has 7 nitrogen and oxygen atoms in total. The van der Waals surface area contributed by atoms with Crippen molar-refractivity contribution in [2.24, 2.45) is 0 Å². The van der Waals surface area contributed by atoms with Gasteiger partial charge in [-0.05, 0) is 42.7 Å². The van der Waals surface area contributed by atoms with E-state index in [4.69, 9.17) is 4.74 Å². The van der Waals surface area contributed by atoms with Crippen molar-refractivity contribution < 1.29 is 28.6 Å². The number of halogens is 1. The number of carboxylic acid groups (broad SMARTS) is 1. The van der Waals surface area contributed by atoms with Gasteiger partial charge in [0.2, 0.25) is 11.8 Å². The van der Waals surface area contributed by atoms with E-state index in [0.29, 0.717) is 13.0 Å². The van der Waals surface area contributed by atoms with Gasteiger partial charge in [0.25, 0.3) is 0 Å². The first-order chi connectivity index (χ1) is 14.9. The molecule has 1 aliphatic heterocycles. The molecule has 3 rings (SSSR count). The van der Waals surface area contributed by atoms with Crippen molar-refractivity contribution in [1.82, 2.24) is 10.2 Å². The van der Waals surface area contributed by atoms with E-state index in [1.54, 1.807) is 12.1 Å². The minimum atomic E-state index is -1.10. The van der Waals surface area contributed by atoms with Crippen LogP contribution in [-0.2, 0) is 14.4 Å². The van der Waals surface area contributed by atoms with E-state index in [1.807, 2.05) is 30.3 Å². The zero-order valence-electron chi connectivity index (χ0n) is 17.0. The molecule has 2 aromatic rings. The van der Waals surface area contributed by atoms with Crippen molar-refractivity contribution in [3.05, 3.63) is 66.0 Å². The molecule has 1 fully saturated rings. The number of aliphatic carboxylic acids is 1. The summed E-state index contributed by atoms with van der Waals surface area (Å²) in [5.74, 6) is -1.69. The van der Waals surface area contributed by atoms with Gasteiger partial charge in [0.15, 0.2) is 0 Å². The highest BCUT2D eigenvalue weighted by Crippen LogP contribution is 2.32. The molecular formula is C23H25FN2O5. The summed E-state index contributed by atoms with van der Waals surface area (Å²) in [6.45, 7) is 0.318. The summed E-state index contributed by atoms with van der Waals surface area (Å²) in [4.78, 5) is 37.5. The molecule has 31 heavy (non-hydrogen) atoms. The van der Waals surface area contributed by atoms with Gasteiger partial charge < -0.3 is 20.1 Å².